The van der Waals surface area contributed by atoms with Gasteiger partial charge in [0.15, 0.2) is 11.6 Å². The van der Waals surface area contributed by atoms with Crippen LogP contribution in [0.5, 0.6) is 5.75 Å². The number of halogens is 5. The summed E-state index contributed by atoms with van der Waals surface area (Å²) in [6, 6.07) is 1.85. The Kier molecular flexibility index (Phi) is 4.54. The molecule has 0 aliphatic heterocycles. The molecule has 134 valence electrons. The lowest BCUT2D eigenvalue weighted by atomic mass is 9.77. The molecule has 1 N–H and O–H groups in total. The van der Waals surface area contributed by atoms with E-state index in [2.05, 4.69) is 0 Å². The highest BCUT2D eigenvalue weighted by Crippen LogP contribution is 2.61. The molecule has 0 bridgehead atoms. The number of benzene rings is 1. The third-order valence-corrected chi connectivity index (χ3v) is 5.24. The number of carbonyl (C=O) groups is 1. The Hall–Kier alpha value is -1.86. The number of ether oxygens (including phenoxy) is 1. The van der Waals surface area contributed by atoms with Crippen molar-refractivity contribution < 1.29 is 36.6 Å². The largest absolute Gasteiger partial charge is 0.493 e. The number of hydrogen-bond acceptors (Lipinski definition) is 2. The summed E-state index contributed by atoms with van der Waals surface area (Å²) >= 11 is 0. The van der Waals surface area contributed by atoms with Crippen molar-refractivity contribution in [3.63, 3.8) is 0 Å². The Balaban J connectivity index is 2.61. The van der Waals surface area contributed by atoms with Gasteiger partial charge in [-0.1, -0.05) is 19.9 Å². The third kappa shape index (κ3) is 2.61. The van der Waals surface area contributed by atoms with E-state index in [-0.39, 0.29) is 5.56 Å². The van der Waals surface area contributed by atoms with E-state index in [1.165, 1.54) is 6.92 Å². The maximum atomic E-state index is 13.9. The molecule has 0 amide bonds. The predicted octanol–water partition coefficient (Wildman–Crippen LogP) is 4.37. The van der Waals surface area contributed by atoms with Crippen LogP contribution in [0, 0.1) is 28.9 Å². The molecule has 1 saturated carbocycles. The lowest BCUT2D eigenvalue weighted by Crippen LogP contribution is -2.39. The van der Waals surface area contributed by atoms with E-state index in [0.29, 0.717) is 0 Å². The number of carboxylic acids is 1. The van der Waals surface area contributed by atoms with Gasteiger partial charge >= 0.3 is 12.1 Å². The van der Waals surface area contributed by atoms with Gasteiger partial charge < -0.3 is 9.84 Å². The Bertz CT molecular complexity index is 658. The minimum Gasteiger partial charge on any atom is -0.493 e. The Morgan fingerprint density at radius 2 is 1.92 bits per heavy atom. The molecule has 1 fully saturated rings. The highest BCUT2D eigenvalue weighted by atomic mass is 19.4. The summed E-state index contributed by atoms with van der Waals surface area (Å²) in [7, 11) is 1.05. The average molecular weight is 352 g/mol. The van der Waals surface area contributed by atoms with Crippen LogP contribution < -0.4 is 4.74 Å². The van der Waals surface area contributed by atoms with Crippen LogP contribution in [-0.4, -0.2) is 24.4 Å². The number of aliphatic carboxylic acids is 1. The second kappa shape index (κ2) is 5.89. The monoisotopic (exact) mass is 352 g/mol. The van der Waals surface area contributed by atoms with E-state index < -0.39 is 59.1 Å². The van der Waals surface area contributed by atoms with Gasteiger partial charge in [0.25, 0.3) is 0 Å². The first kappa shape index (κ1) is 18.5. The first-order valence-corrected chi connectivity index (χ1v) is 7.27. The van der Waals surface area contributed by atoms with Crippen LogP contribution in [0.1, 0.15) is 31.7 Å². The summed E-state index contributed by atoms with van der Waals surface area (Å²) in [5.41, 5.74) is -2.32. The molecule has 0 radical (unpaired) electrons. The maximum Gasteiger partial charge on any atom is 0.394 e. The van der Waals surface area contributed by atoms with Crippen LogP contribution in [0.3, 0.4) is 0 Å². The van der Waals surface area contributed by atoms with Gasteiger partial charge in [-0.05, 0) is 18.4 Å². The van der Waals surface area contributed by atoms with E-state index in [4.69, 9.17) is 4.74 Å². The number of rotatable bonds is 3. The van der Waals surface area contributed by atoms with Gasteiger partial charge in [-0.2, -0.15) is 17.6 Å². The van der Waals surface area contributed by atoms with Crippen LogP contribution in [0.25, 0.3) is 0 Å². The first-order chi connectivity index (χ1) is 11.0. The lowest BCUT2D eigenvalue weighted by Gasteiger charge is -2.32. The van der Waals surface area contributed by atoms with Crippen molar-refractivity contribution in [1.29, 1.82) is 0 Å². The second-order valence-corrected chi connectivity index (χ2v) is 6.36. The normalized spacial score (nSPS) is 30.4. The molecule has 4 unspecified atom stereocenters. The van der Waals surface area contributed by atoms with Crippen LogP contribution in [0.4, 0.5) is 22.0 Å². The second-order valence-electron chi connectivity index (χ2n) is 6.36. The molecule has 0 aromatic heterocycles. The quantitative estimate of drug-likeness (QED) is 0.822. The molecule has 1 aromatic carbocycles. The molecule has 2 rings (SSSR count). The molecule has 8 heteroatoms. The summed E-state index contributed by atoms with van der Waals surface area (Å²) in [5, 5.41) is 9.42. The fourth-order valence-corrected chi connectivity index (χ4v) is 3.62. The standard InChI is InChI=1S/C16H17F5O3/c1-7-11(14(22)23)9(6-15(7,2)16(19,20)21)8-4-5-10(17)12(18)13(8)24-3/h4-5,7,9,11H,6H2,1-3H3,(H,22,23). The average Bonchev–Trinajstić information content (AvgIpc) is 2.74. The SMILES string of the molecule is COc1c(C2CC(C)(C(F)(F)F)C(C)C2C(=O)O)ccc(F)c1F. The molecule has 1 aliphatic carbocycles. The first-order valence-electron chi connectivity index (χ1n) is 7.27. The van der Waals surface area contributed by atoms with E-state index in [1.54, 1.807) is 0 Å². The molecule has 0 spiro atoms. The zero-order valence-corrected chi connectivity index (χ0v) is 13.2. The van der Waals surface area contributed by atoms with Crippen LogP contribution >= 0.6 is 0 Å². The van der Waals surface area contributed by atoms with Crippen molar-refractivity contribution in [3.8, 4) is 5.75 Å². The Labute approximate surface area is 135 Å². The van der Waals surface area contributed by atoms with Gasteiger partial charge in [0.1, 0.15) is 0 Å². The summed E-state index contributed by atoms with van der Waals surface area (Å²) in [6.07, 6.45) is -5.17. The van der Waals surface area contributed by atoms with Gasteiger partial charge in [-0.15, -0.1) is 0 Å². The molecule has 1 aliphatic rings. The minimum atomic E-state index is -4.62. The molecular formula is C16H17F5O3. The Morgan fingerprint density at radius 1 is 1.33 bits per heavy atom. The topological polar surface area (TPSA) is 46.5 Å². The van der Waals surface area contributed by atoms with Crippen molar-refractivity contribution in [1.82, 2.24) is 0 Å². The Morgan fingerprint density at radius 3 is 2.38 bits per heavy atom. The fraction of sp³-hybridized carbons (Fsp3) is 0.562. The van der Waals surface area contributed by atoms with Crippen molar-refractivity contribution in [2.45, 2.75) is 32.4 Å². The van der Waals surface area contributed by atoms with Crippen LogP contribution in [-0.2, 0) is 4.79 Å². The van der Waals surface area contributed by atoms with Gasteiger partial charge in [-0.3, -0.25) is 4.79 Å². The maximum absolute atomic E-state index is 13.9. The van der Waals surface area contributed by atoms with Gasteiger partial charge in [0.2, 0.25) is 5.82 Å². The summed E-state index contributed by atoms with van der Waals surface area (Å²) in [4.78, 5) is 11.6. The zero-order chi connectivity index (χ0) is 18.4. The molecule has 1 aromatic rings. The smallest absolute Gasteiger partial charge is 0.394 e. The number of hydrogen-bond donors (Lipinski definition) is 1. The molecule has 0 saturated heterocycles. The number of carboxylic acid groups (broad SMARTS) is 1. The molecule has 3 nitrogen and oxygen atoms in total. The fourth-order valence-electron chi connectivity index (χ4n) is 3.62. The van der Waals surface area contributed by atoms with Crippen molar-refractivity contribution in [2.24, 2.45) is 17.3 Å². The highest BCUT2D eigenvalue weighted by molar-refractivity contribution is 5.73. The molecule has 4 atom stereocenters. The number of alkyl halides is 3. The third-order valence-electron chi connectivity index (χ3n) is 5.24. The summed E-state index contributed by atoms with van der Waals surface area (Å²) in [6.45, 7) is 2.18. The van der Waals surface area contributed by atoms with Crippen LogP contribution in [0.2, 0.25) is 0 Å². The minimum absolute atomic E-state index is 0.0661. The van der Waals surface area contributed by atoms with Crippen molar-refractivity contribution in [2.75, 3.05) is 7.11 Å². The van der Waals surface area contributed by atoms with Crippen LogP contribution in [0.15, 0.2) is 12.1 Å². The van der Waals surface area contributed by atoms with E-state index in [1.807, 2.05) is 0 Å². The highest BCUT2D eigenvalue weighted by Gasteiger charge is 2.64. The summed E-state index contributed by atoms with van der Waals surface area (Å²) in [5.74, 6) is -8.29. The summed E-state index contributed by atoms with van der Waals surface area (Å²) < 4.78 is 72.5. The lowest BCUT2D eigenvalue weighted by molar-refractivity contribution is -0.230. The molecule has 0 heterocycles. The molecular weight excluding hydrogens is 335 g/mol. The van der Waals surface area contributed by atoms with E-state index in [9.17, 15) is 31.9 Å². The van der Waals surface area contributed by atoms with Gasteiger partial charge in [0, 0.05) is 11.5 Å². The van der Waals surface area contributed by atoms with E-state index in [0.717, 1.165) is 26.2 Å². The van der Waals surface area contributed by atoms with Gasteiger partial charge in [0.05, 0.1) is 18.4 Å². The zero-order valence-electron chi connectivity index (χ0n) is 13.2. The van der Waals surface area contributed by atoms with E-state index >= 15 is 0 Å². The van der Waals surface area contributed by atoms with Crippen molar-refractivity contribution >= 4 is 5.97 Å². The van der Waals surface area contributed by atoms with Crippen molar-refractivity contribution in [3.05, 3.63) is 29.3 Å². The van der Waals surface area contributed by atoms with Gasteiger partial charge in [-0.25, -0.2) is 4.39 Å². The number of methoxy groups -OCH3 is 1. The predicted molar refractivity (Wildman–Crippen MR) is 74.7 cm³/mol. The molecule has 24 heavy (non-hydrogen) atoms.